The van der Waals surface area contributed by atoms with Crippen LogP contribution in [-0.2, 0) is 0 Å². The van der Waals surface area contributed by atoms with Gasteiger partial charge in [-0.05, 0) is 12.8 Å². The minimum Gasteiger partial charge on any atom is -0.148 e. The zero-order valence-corrected chi connectivity index (χ0v) is 4.95. The standard InChI is InChI=1S/C6H8S/c1-2-4-6-5(3-1)7-6/h1,3,5-6H,2,4H2. The van der Waals surface area contributed by atoms with Gasteiger partial charge in [0.05, 0.1) is 0 Å². The molecule has 0 N–H and O–H groups in total. The second kappa shape index (κ2) is 1.28. The number of thioether (sulfide) groups is 1. The van der Waals surface area contributed by atoms with Gasteiger partial charge in [0, 0.05) is 10.5 Å². The van der Waals surface area contributed by atoms with Gasteiger partial charge in [0.1, 0.15) is 0 Å². The molecule has 38 valence electrons. The van der Waals surface area contributed by atoms with E-state index in [1.165, 1.54) is 12.8 Å². The third-order valence-corrected chi connectivity index (χ3v) is 2.93. The molecule has 0 aromatic heterocycles. The Morgan fingerprint density at radius 3 is 3.14 bits per heavy atom. The molecule has 0 bridgehead atoms. The van der Waals surface area contributed by atoms with E-state index in [1.807, 2.05) is 0 Å². The third-order valence-electron chi connectivity index (χ3n) is 1.57. The van der Waals surface area contributed by atoms with E-state index < -0.39 is 0 Å². The number of allylic oxidation sites excluding steroid dienone is 1. The van der Waals surface area contributed by atoms with Gasteiger partial charge in [-0.15, -0.1) is 11.8 Å². The molecule has 1 saturated heterocycles. The van der Waals surface area contributed by atoms with E-state index in [0.29, 0.717) is 0 Å². The Bertz CT molecular complexity index is 107. The van der Waals surface area contributed by atoms with Crippen molar-refractivity contribution in [3.05, 3.63) is 12.2 Å². The van der Waals surface area contributed by atoms with E-state index in [9.17, 15) is 0 Å². The Morgan fingerprint density at radius 1 is 1.57 bits per heavy atom. The van der Waals surface area contributed by atoms with Crippen LogP contribution in [0.15, 0.2) is 12.2 Å². The van der Waals surface area contributed by atoms with Crippen molar-refractivity contribution < 1.29 is 0 Å². The maximum atomic E-state index is 2.35. The SMILES string of the molecule is C1=CC2SC2CC1. The van der Waals surface area contributed by atoms with Crippen molar-refractivity contribution in [3.8, 4) is 0 Å². The lowest BCUT2D eigenvalue weighted by Crippen LogP contribution is -1.93. The number of hydrogen-bond acceptors (Lipinski definition) is 1. The van der Waals surface area contributed by atoms with Crippen LogP contribution in [0.2, 0.25) is 0 Å². The summed E-state index contributed by atoms with van der Waals surface area (Å²) in [5.41, 5.74) is 0. The van der Waals surface area contributed by atoms with Crippen LogP contribution >= 0.6 is 11.8 Å². The topological polar surface area (TPSA) is 0 Å². The molecule has 2 atom stereocenters. The monoisotopic (exact) mass is 112 g/mol. The quantitative estimate of drug-likeness (QED) is 0.340. The minimum absolute atomic E-state index is 0.939. The molecule has 0 amide bonds. The summed E-state index contributed by atoms with van der Waals surface area (Å²) in [6, 6.07) is 0. The van der Waals surface area contributed by atoms with Crippen molar-refractivity contribution in [1.82, 2.24) is 0 Å². The Balaban J connectivity index is 2.14. The molecule has 0 aromatic carbocycles. The molecular weight excluding hydrogens is 104 g/mol. The smallest absolute Gasteiger partial charge is 0.0349 e. The first-order valence-corrected chi connectivity index (χ1v) is 3.73. The molecule has 0 aromatic rings. The lowest BCUT2D eigenvalue weighted by Gasteiger charge is -1.94. The summed E-state index contributed by atoms with van der Waals surface area (Å²) in [5.74, 6) is 0. The van der Waals surface area contributed by atoms with E-state index in [4.69, 9.17) is 0 Å². The second-order valence-electron chi connectivity index (χ2n) is 2.14. The minimum atomic E-state index is 0.939. The van der Waals surface area contributed by atoms with Crippen LogP contribution in [0.25, 0.3) is 0 Å². The summed E-state index contributed by atoms with van der Waals surface area (Å²) >= 11 is 2.11. The first-order valence-electron chi connectivity index (χ1n) is 2.79. The van der Waals surface area contributed by atoms with Gasteiger partial charge < -0.3 is 0 Å². The molecule has 7 heavy (non-hydrogen) atoms. The van der Waals surface area contributed by atoms with Crippen LogP contribution in [0.5, 0.6) is 0 Å². The first-order chi connectivity index (χ1) is 3.47. The van der Waals surface area contributed by atoms with Crippen molar-refractivity contribution in [2.45, 2.75) is 23.3 Å². The van der Waals surface area contributed by atoms with E-state index in [2.05, 4.69) is 23.9 Å². The van der Waals surface area contributed by atoms with Crippen LogP contribution in [-0.4, -0.2) is 10.5 Å². The molecule has 0 nitrogen and oxygen atoms in total. The van der Waals surface area contributed by atoms with Gasteiger partial charge >= 0.3 is 0 Å². The molecule has 2 unspecified atom stereocenters. The molecule has 1 fully saturated rings. The Kier molecular flexibility index (Phi) is 0.736. The van der Waals surface area contributed by atoms with Gasteiger partial charge in [0.15, 0.2) is 0 Å². The summed E-state index contributed by atoms with van der Waals surface area (Å²) in [6.07, 6.45) is 7.42. The van der Waals surface area contributed by atoms with E-state index in [0.717, 1.165) is 10.5 Å². The van der Waals surface area contributed by atoms with Crippen LogP contribution in [0.1, 0.15) is 12.8 Å². The Morgan fingerprint density at radius 2 is 2.57 bits per heavy atom. The zero-order chi connectivity index (χ0) is 4.69. The van der Waals surface area contributed by atoms with Gasteiger partial charge in [-0.1, -0.05) is 12.2 Å². The van der Waals surface area contributed by atoms with Crippen LogP contribution in [0.3, 0.4) is 0 Å². The molecule has 0 saturated carbocycles. The fourth-order valence-corrected chi connectivity index (χ4v) is 2.06. The van der Waals surface area contributed by atoms with Crippen molar-refractivity contribution in [1.29, 1.82) is 0 Å². The maximum Gasteiger partial charge on any atom is 0.0349 e. The van der Waals surface area contributed by atoms with E-state index in [1.54, 1.807) is 0 Å². The molecule has 2 rings (SSSR count). The predicted molar refractivity (Wildman–Crippen MR) is 33.5 cm³/mol. The number of rotatable bonds is 0. The highest BCUT2D eigenvalue weighted by Gasteiger charge is 2.36. The first kappa shape index (κ1) is 4.02. The van der Waals surface area contributed by atoms with E-state index >= 15 is 0 Å². The Labute approximate surface area is 48.0 Å². The highest BCUT2D eigenvalue weighted by atomic mass is 32.2. The highest BCUT2D eigenvalue weighted by molar-refractivity contribution is 8.07. The second-order valence-corrected chi connectivity index (χ2v) is 3.57. The Hall–Kier alpha value is 0.0900. The average Bonchev–Trinajstić information content (AvgIpc) is 2.41. The van der Waals surface area contributed by atoms with Crippen molar-refractivity contribution in [3.63, 3.8) is 0 Å². The van der Waals surface area contributed by atoms with Crippen LogP contribution < -0.4 is 0 Å². The molecule has 0 radical (unpaired) electrons. The number of fused-ring (bicyclic) bond motifs is 1. The largest absolute Gasteiger partial charge is 0.148 e. The number of hydrogen-bond donors (Lipinski definition) is 0. The fraction of sp³-hybridized carbons (Fsp3) is 0.667. The normalized spacial score (nSPS) is 45.7. The summed E-state index contributed by atoms with van der Waals surface area (Å²) in [6.45, 7) is 0. The summed E-state index contributed by atoms with van der Waals surface area (Å²) in [4.78, 5) is 0. The molecule has 0 spiro atoms. The summed E-state index contributed by atoms with van der Waals surface area (Å²) in [7, 11) is 0. The van der Waals surface area contributed by atoms with Crippen molar-refractivity contribution in [2.75, 3.05) is 0 Å². The lowest BCUT2D eigenvalue weighted by molar-refractivity contribution is 0.821. The fourth-order valence-electron chi connectivity index (χ4n) is 1.05. The van der Waals surface area contributed by atoms with Gasteiger partial charge in [0.25, 0.3) is 0 Å². The van der Waals surface area contributed by atoms with Crippen molar-refractivity contribution in [2.24, 2.45) is 0 Å². The van der Waals surface area contributed by atoms with Gasteiger partial charge in [-0.2, -0.15) is 0 Å². The van der Waals surface area contributed by atoms with Gasteiger partial charge in [-0.3, -0.25) is 0 Å². The summed E-state index contributed by atoms with van der Waals surface area (Å²) in [5, 5.41) is 1.97. The lowest BCUT2D eigenvalue weighted by atomic mass is 10.1. The van der Waals surface area contributed by atoms with Crippen LogP contribution in [0, 0.1) is 0 Å². The van der Waals surface area contributed by atoms with Crippen molar-refractivity contribution >= 4 is 11.8 Å². The molecule has 1 heterocycles. The maximum absolute atomic E-state index is 2.35. The molecule has 1 aliphatic carbocycles. The average molecular weight is 112 g/mol. The van der Waals surface area contributed by atoms with E-state index in [-0.39, 0.29) is 0 Å². The highest BCUT2D eigenvalue weighted by Crippen LogP contribution is 2.47. The zero-order valence-electron chi connectivity index (χ0n) is 4.13. The molecule has 1 heteroatoms. The molecule has 2 aliphatic rings. The van der Waals surface area contributed by atoms with Gasteiger partial charge in [-0.25, -0.2) is 0 Å². The third kappa shape index (κ3) is 0.595. The molecular formula is C6H8S. The van der Waals surface area contributed by atoms with Crippen LogP contribution in [0.4, 0.5) is 0 Å². The molecule has 1 aliphatic heterocycles. The predicted octanol–water partition coefficient (Wildman–Crippen LogP) is 1.82. The van der Waals surface area contributed by atoms with Gasteiger partial charge in [0.2, 0.25) is 0 Å². The summed E-state index contributed by atoms with van der Waals surface area (Å²) < 4.78 is 0.